The summed E-state index contributed by atoms with van der Waals surface area (Å²) in [6, 6.07) is 0. The molecule has 1 aliphatic heterocycles. The van der Waals surface area contributed by atoms with E-state index in [4.69, 9.17) is 4.43 Å². The summed E-state index contributed by atoms with van der Waals surface area (Å²) >= 11 is 0. The van der Waals surface area contributed by atoms with E-state index in [0.29, 0.717) is 19.1 Å². The van der Waals surface area contributed by atoms with E-state index < -0.39 is 14.4 Å². The van der Waals surface area contributed by atoms with E-state index in [1.54, 1.807) is 0 Å². The van der Waals surface area contributed by atoms with Crippen molar-refractivity contribution in [2.45, 2.75) is 58.9 Å². The van der Waals surface area contributed by atoms with Crippen molar-refractivity contribution in [1.82, 2.24) is 0 Å². The van der Waals surface area contributed by atoms with Crippen LogP contribution >= 0.6 is 0 Å². The van der Waals surface area contributed by atoms with Crippen LogP contribution in [-0.2, 0) is 4.43 Å². The Morgan fingerprint density at radius 2 is 2.00 bits per heavy atom. The normalized spacial score (nSPS) is 21.4. The molecule has 1 rings (SSSR count). The van der Waals surface area contributed by atoms with Gasteiger partial charge in [-0.1, -0.05) is 34.6 Å². The summed E-state index contributed by atoms with van der Waals surface area (Å²) in [6.45, 7) is 16.5. The Bertz CT molecular complexity index is 378. The summed E-state index contributed by atoms with van der Waals surface area (Å²) in [7, 11) is -1.73. The van der Waals surface area contributed by atoms with Crippen molar-refractivity contribution < 1.29 is 9.53 Å². The summed E-state index contributed by atoms with van der Waals surface area (Å²) in [6.07, 6.45) is 1.60. The highest BCUT2D eigenvalue weighted by Crippen LogP contribution is 2.36. The zero-order valence-corrected chi connectivity index (χ0v) is 14.4. The van der Waals surface area contributed by atoms with Crippen LogP contribution in [0.15, 0.2) is 16.6 Å². The van der Waals surface area contributed by atoms with Gasteiger partial charge in [0, 0.05) is 0 Å². The largest absolute Gasteiger partial charge is 0.411 e. The maximum Gasteiger partial charge on any atom is 0.192 e. The average Bonchev–Trinajstić information content (AvgIpc) is 2.26. The zero-order chi connectivity index (χ0) is 14.8. The topological polar surface area (TPSA) is 41.8 Å². The van der Waals surface area contributed by atoms with Crippen LogP contribution in [0.3, 0.4) is 0 Å². The van der Waals surface area contributed by atoms with Gasteiger partial charge in [0.1, 0.15) is 0 Å². The molecular weight excluding hydrogens is 254 g/mol. The fourth-order valence-corrected chi connectivity index (χ4v) is 2.69. The zero-order valence-electron chi connectivity index (χ0n) is 13.4. The van der Waals surface area contributed by atoms with Gasteiger partial charge >= 0.3 is 0 Å². The third-order valence-electron chi connectivity index (χ3n) is 4.24. The molecule has 1 aliphatic rings. The molecule has 0 aliphatic carbocycles. The Hall–Kier alpha value is -0.453. The van der Waals surface area contributed by atoms with Crippen molar-refractivity contribution in [3.63, 3.8) is 0 Å². The van der Waals surface area contributed by atoms with E-state index in [0.717, 1.165) is 11.3 Å². The monoisotopic (exact) mass is 283 g/mol. The van der Waals surface area contributed by atoms with Crippen LogP contribution in [-0.4, -0.2) is 38.4 Å². The molecule has 1 heterocycles. The molecule has 0 aromatic heterocycles. The Labute approximate surface area is 118 Å². The molecule has 19 heavy (non-hydrogen) atoms. The lowest BCUT2D eigenvalue weighted by atomic mass is 9.94. The van der Waals surface area contributed by atoms with E-state index in [2.05, 4.69) is 52.7 Å². The third-order valence-corrected chi connectivity index (χ3v) is 8.72. The van der Waals surface area contributed by atoms with E-state index >= 15 is 0 Å². The van der Waals surface area contributed by atoms with Crippen molar-refractivity contribution >= 4 is 14.0 Å². The van der Waals surface area contributed by atoms with E-state index in [-0.39, 0.29) is 5.04 Å². The van der Waals surface area contributed by atoms with E-state index in [1.807, 2.05) is 6.08 Å². The van der Waals surface area contributed by atoms with Crippen LogP contribution in [0.1, 0.15) is 34.6 Å². The molecule has 0 spiro atoms. The van der Waals surface area contributed by atoms with E-state index in [9.17, 15) is 5.11 Å². The van der Waals surface area contributed by atoms with Gasteiger partial charge in [-0.15, -0.1) is 0 Å². The van der Waals surface area contributed by atoms with Gasteiger partial charge in [0.2, 0.25) is 0 Å². The van der Waals surface area contributed by atoms with Gasteiger partial charge in [0.25, 0.3) is 0 Å². The minimum Gasteiger partial charge on any atom is -0.411 e. The third kappa shape index (κ3) is 4.26. The second-order valence-electron chi connectivity index (χ2n) is 7.20. The Kier molecular flexibility index (Phi) is 5.15. The summed E-state index contributed by atoms with van der Waals surface area (Å²) < 4.78 is 6.18. The molecule has 0 fully saturated rings. The van der Waals surface area contributed by atoms with Gasteiger partial charge in [0.05, 0.1) is 25.0 Å². The molecule has 0 bridgehead atoms. The molecule has 0 aromatic carbocycles. The standard InChI is InChI=1S/C15H29NO2Si/c1-11(2)13-8-12(16-9-14(13)17)10-18-19(6,7)15(3,4)5/h8,11,14,17H,9-10H2,1-7H3. The number of rotatable bonds is 4. The highest BCUT2D eigenvalue weighted by atomic mass is 28.4. The molecule has 110 valence electrons. The fraction of sp³-hybridized carbons (Fsp3) is 0.800. The van der Waals surface area contributed by atoms with Crippen molar-refractivity contribution in [2.75, 3.05) is 13.2 Å². The van der Waals surface area contributed by atoms with Crippen molar-refractivity contribution in [3.05, 3.63) is 11.6 Å². The van der Waals surface area contributed by atoms with Gasteiger partial charge in [-0.05, 0) is 35.7 Å². The first-order valence-electron chi connectivity index (χ1n) is 7.11. The van der Waals surface area contributed by atoms with Crippen LogP contribution in [0.2, 0.25) is 18.1 Å². The number of aliphatic hydroxyl groups is 1. The molecule has 1 unspecified atom stereocenters. The average molecular weight is 283 g/mol. The summed E-state index contributed by atoms with van der Waals surface area (Å²) in [5.41, 5.74) is 2.04. The molecule has 4 heteroatoms. The lowest BCUT2D eigenvalue weighted by molar-refractivity contribution is 0.206. The van der Waals surface area contributed by atoms with Crippen molar-refractivity contribution in [1.29, 1.82) is 0 Å². The lowest BCUT2D eigenvalue weighted by Crippen LogP contribution is -2.42. The fourth-order valence-electron chi connectivity index (χ4n) is 1.75. The predicted octanol–water partition coefficient (Wildman–Crippen LogP) is 3.41. The number of nitrogens with zero attached hydrogens (tertiary/aromatic N) is 1. The summed E-state index contributed by atoms with van der Waals surface area (Å²) in [4.78, 5) is 4.42. The Balaban J connectivity index is 2.70. The molecule has 1 N–H and O–H groups in total. The first kappa shape index (κ1) is 16.6. The van der Waals surface area contributed by atoms with Crippen LogP contribution in [0.5, 0.6) is 0 Å². The molecule has 3 nitrogen and oxygen atoms in total. The number of dihydropyridines is 1. The second-order valence-corrected chi connectivity index (χ2v) is 12.0. The molecule has 0 aromatic rings. The van der Waals surface area contributed by atoms with Crippen molar-refractivity contribution in [2.24, 2.45) is 10.9 Å². The molecule has 0 radical (unpaired) electrons. The van der Waals surface area contributed by atoms with E-state index in [1.165, 1.54) is 0 Å². The number of hydrogen-bond donors (Lipinski definition) is 1. The van der Waals surface area contributed by atoms with Gasteiger partial charge in [-0.2, -0.15) is 0 Å². The van der Waals surface area contributed by atoms with Crippen LogP contribution < -0.4 is 0 Å². The second kappa shape index (κ2) is 5.90. The number of aliphatic hydroxyl groups excluding tert-OH is 1. The molecule has 1 atom stereocenters. The van der Waals surface area contributed by atoms with Crippen LogP contribution in [0, 0.1) is 5.92 Å². The minimum absolute atomic E-state index is 0.215. The maximum absolute atomic E-state index is 9.91. The molecule has 0 saturated carbocycles. The highest BCUT2D eigenvalue weighted by Gasteiger charge is 2.37. The quantitative estimate of drug-likeness (QED) is 0.803. The summed E-state index contributed by atoms with van der Waals surface area (Å²) in [5.74, 6) is 0.355. The first-order valence-corrected chi connectivity index (χ1v) is 10.0. The van der Waals surface area contributed by atoms with Gasteiger partial charge in [-0.25, -0.2) is 0 Å². The lowest BCUT2D eigenvalue weighted by Gasteiger charge is -2.36. The van der Waals surface area contributed by atoms with Crippen LogP contribution in [0.25, 0.3) is 0 Å². The number of aliphatic imine (C=N–C) groups is 1. The minimum atomic E-state index is -1.73. The van der Waals surface area contributed by atoms with Gasteiger partial charge in [-0.3, -0.25) is 4.99 Å². The van der Waals surface area contributed by atoms with Gasteiger partial charge in [0.15, 0.2) is 8.32 Å². The van der Waals surface area contributed by atoms with Crippen LogP contribution in [0.4, 0.5) is 0 Å². The maximum atomic E-state index is 9.91. The molecule has 0 amide bonds. The van der Waals surface area contributed by atoms with Crippen molar-refractivity contribution in [3.8, 4) is 0 Å². The number of hydrogen-bond acceptors (Lipinski definition) is 3. The SMILES string of the molecule is CC(C)C1=CC(CO[Si](C)(C)C(C)(C)C)=NCC1O. The smallest absolute Gasteiger partial charge is 0.192 e. The summed E-state index contributed by atoms with van der Waals surface area (Å²) in [5, 5.41) is 10.1. The highest BCUT2D eigenvalue weighted by molar-refractivity contribution is 6.74. The molecular formula is C15H29NO2Si. The first-order chi connectivity index (χ1) is 8.54. The Morgan fingerprint density at radius 3 is 2.47 bits per heavy atom. The predicted molar refractivity (Wildman–Crippen MR) is 84.4 cm³/mol. The van der Waals surface area contributed by atoms with Gasteiger partial charge < -0.3 is 9.53 Å². The molecule has 0 saturated heterocycles. The Morgan fingerprint density at radius 1 is 1.42 bits per heavy atom.